The van der Waals surface area contributed by atoms with Crippen molar-refractivity contribution < 1.29 is 9.90 Å². The number of hydrogen-bond acceptors (Lipinski definition) is 4. The molecule has 1 amide bonds. The molecule has 0 aromatic carbocycles. The molecular formula is C13H13N3O2. The Morgan fingerprint density at radius 1 is 1.28 bits per heavy atom. The number of rotatable bonds is 3. The van der Waals surface area contributed by atoms with Crippen molar-refractivity contribution >= 4 is 5.91 Å². The number of carbonyl (C=O) groups is 1. The average molecular weight is 243 g/mol. The van der Waals surface area contributed by atoms with E-state index in [1.165, 1.54) is 18.5 Å². The maximum Gasteiger partial charge on any atom is 0.255 e. The number of nitrogens with zero attached hydrogens (tertiary/aromatic N) is 2. The highest BCUT2D eigenvalue weighted by Crippen LogP contribution is 2.16. The third-order valence-corrected chi connectivity index (χ3v) is 2.58. The summed E-state index contributed by atoms with van der Waals surface area (Å²) in [5.41, 5.74) is 1.11. The van der Waals surface area contributed by atoms with Crippen molar-refractivity contribution in [3.8, 4) is 5.75 Å². The quantitative estimate of drug-likeness (QED) is 0.859. The maximum atomic E-state index is 11.9. The first kappa shape index (κ1) is 12.0. The van der Waals surface area contributed by atoms with Gasteiger partial charge in [0.15, 0.2) is 0 Å². The van der Waals surface area contributed by atoms with Gasteiger partial charge in [0.2, 0.25) is 0 Å². The molecule has 0 bridgehead atoms. The molecule has 0 spiro atoms. The van der Waals surface area contributed by atoms with Crippen LogP contribution in [-0.4, -0.2) is 21.0 Å². The van der Waals surface area contributed by atoms with Crippen LogP contribution in [0.1, 0.15) is 28.9 Å². The number of carbonyl (C=O) groups excluding carboxylic acids is 1. The summed E-state index contributed by atoms with van der Waals surface area (Å²) in [5.74, 6) is -0.473. The fourth-order valence-electron chi connectivity index (χ4n) is 1.57. The number of amides is 1. The van der Waals surface area contributed by atoms with Crippen molar-refractivity contribution in [2.75, 3.05) is 0 Å². The van der Waals surface area contributed by atoms with Crippen LogP contribution in [0, 0.1) is 0 Å². The van der Waals surface area contributed by atoms with Crippen LogP contribution in [-0.2, 0) is 0 Å². The van der Waals surface area contributed by atoms with Gasteiger partial charge in [-0.05, 0) is 24.6 Å². The molecule has 0 radical (unpaired) electrons. The Morgan fingerprint density at radius 3 is 2.72 bits per heavy atom. The Kier molecular flexibility index (Phi) is 3.52. The molecule has 0 aliphatic carbocycles. The van der Waals surface area contributed by atoms with Gasteiger partial charge in [-0.25, -0.2) is 0 Å². The van der Waals surface area contributed by atoms with E-state index in [-0.39, 0.29) is 23.3 Å². The molecule has 2 rings (SSSR count). The van der Waals surface area contributed by atoms with Crippen molar-refractivity contribution in [1.29, 1.82) is 0 Å². The van der Waals surface area contributed by atoms with E-state index < -0.39 is 0 Å². The average Bonchev–Trinajstić information content (AvgIpc) is 2.40. The van der Waals surface area contributed by atoms with Crippen molar-refractivity contribution in [3.05, 3.63) is 54.1 Å². The van der Waals surface area contributed by atoms with Gasteiger partial charge in [-0.2, -0.15) is 0 Å². The Morgan fingerprint density at radius 2 is 2.06 bits per heavy atom. The van der Waals surface area contributed by atoms with E-state index in [9.17, 15) is 9.90 Å². The van der Waals surface area contributed by atoms with E-state index in [0.717, 1.165) is 5.56 Å². The molecule has 2 aromatic heterocycles. The van der Waals surface area contributed by atoms with Crippen molar-refractivity contribution in [2.24, 2.45) is 0 Å². The molecule has 0 fully saturated rings. The predicted molar refractivity (Wildman–Crippen MR) is 66.0 cm³/mol. The zero-order valence-corrected chi connectivity index (χ0v) is 9.87. The van der Waals surface area contributed by atoms with E-state index in [1.54, 1.807) is 12.4 Å². The van der Waals surface area contributed by atoms with Gasteiger partial charge in [-0.15, -0.1) is 0 Å². The highest BCUT2D eigenvalue weighted by molar-refractivity contribution is 5.96. The first-order valence-corrected chi connectivity index (χ1v) is 5.52. The molecule has 5 nitrogen and oxygen atoms in total. The second-order valence-corrected chi connectivity index (χ2v) is 3.87. The summed E-state index contributed by atoms with van der Waals surface area (Å²) in [6.45, 7) is 1.85. The van der Waals surface area contributed by atoms with Crippen LogP contribution in [0.3, 0.4) is 0 Å². The standard InChI is InChI=1S/C13H13N3O2/c1-9(10-3-2-5-14-7-10)16-13(18)11-4-6-15-8-12(11)17/h2-9,17H,1H3,(H,16,18). The third-order valence-electron chi connectivity index (χ3n) is 2.58. The van der Waals surface area contributed by atoms with Crippen LogP contribution in [0.15, 0.2) is 43.0 Å². The number of aromatic nitrogens is 2. The molecule has 18 heavy (non-hydrogen) atoms. The largest absolute Gasteiger partial charge is 0.505 e. The first-order chi connectivity index (χ1) is 8.68. The maximum absolute atomic E-state index is 11.9. The highest BCUT2D eigenvalue weighted by Gasteiger charge is 2.14. The summed E-state index contributed by atoms with van der Waals surface area (Å²) in [4.78, 5) is 19.6. The van der Waals surface area contributed by atoms with Gasteiger partial charge in [0.25, 0.3) is 5.91 Å². The van der Waals surface area contributed by atoms with Crippen LogP contribution < -0.4 is 5.32 Å². The molecule has 92 valence electrons. The monoisotopic (exact) mass is 243 g/mol. The van der Waals surface area contributed by atoms with Crippen molar-refractivity contribution in [3.63, 3.8) is 0 Å². The lowest BCUT2D eigenvalue weighted by Crippen LogP contribution is -2.26. The van der Waals surface area contributed by atoms with Gasteiger partial charge in [0.1, 0.15) is 5.75 Å². The molecule has 1 unspecified atom stereocenters. The lowest BCUT2D eigenvalue weighted by atomic mass is 10.1. The van der Waals surface area contributed by atoms with Crippen LogP contribution >= 0.6 is 0 Å². The van der Waals surface area contributed by atoms with E-state index in [0.29, 0.717) is 0 Å². The zero-order chi connectivity index (χ0) is 13.0. The Labute approximate surface area is 105 Å². The van der Waals surface area contributed by atoms with Gasteiger partial charge in [0, 0.05) is 18.6 Å². The summed E-state index contributed by atoms with van der Waals surface area (Å²) >= 11 is 0. The van der Waals surface area contributed by atoms with Crippen molar-refractivity contribution in [2.45, 2.75) is 13.0 Å². The normalized spacial score (nSPS) is 11.8. The number of pyridine rings is 2. The number of nitrogens with one attached hydrogen (secondary N) is 1. The minimum Gasteiger partial charge on any atom is -0.505 e. The zero-order valence-electron chi connectivity index (χ0n) is 9.87. The lowest BCUT2D eigenvalue weighted by molar-refractivity contribution is 0.0937. The van der Waals surface area contributed by atoms with Gasteiger partial charge in [-0.1, -0.05) is 6.07 Å². The van der Waals surface area contributed by atoms with Crippen LogP contribution in [0.4, 0.5) is 0 Å². The summed E-state index contributed by atoms with van der Waals surface area (Å²) in [6.07, 6.45) is 6.07. The van der Waals surface area contributed by atoms with Gasteiger partial charge in [-0.3, -0.25) is 14.8 Å². The Balaban J connectivity index is 2.11. The lowest BCUT2D eigenvalue weighted by Gasteiger charge is -2.14. The molecule has 0 saturated carbocycles. The summed E-state index contributed by atoms with van der Waals surface area (Å²) in [6, 6.07) is 4.98. The fourth-order valence-corrected chi connectivity index (χ4v) is 1.57. The highest BCUT2D eigenvalue weighted by atomic mass is 16.3. The van der Waals surface area contributed by atoms with Crippen LogP contribution in [0.5, 0.6) is 5.75 Å². The summed E-state index contributed by atoms with van der Waals surface area (Å²) in [7, 11) is 0. The minimum atomic E-state index is -0.341. The summed E-state index contributed by atoms with van der Waals surface area (Å²) in [5, 5.41) is 12.3. The molecular weight excluding hydrogens is 230 g/mol. The molecule has 1 atom stereocenters. The predicted octanol–water partition coefficient (Wildman–Crippen LogP) is 1.67. The second-order valence-electron chi connectivity index (χ2n) is 3.87. The minimum absolute atomic E-state index is 0.131. The number of aromatic hydroxyl groups is 1. The third kappa shape index (κ3) is 2.63. The molecule has 2 N–H and O–H groups in total. The summed E-state index contributed by atoms with van der Waals surface area (Å²) < 4.78 is 0. The van der Waals surface area contributed by atoms with E-state index in [2.05, 4.69) is 15.3 Å². The molecule has 2 heterocycles. The molecule has 2 aromatic rings. The second kappa shape index (κ2) is 5.27. The molecule has 5 heteroatoms. The number of hydrogen-bond donors (Lipinski definition) is 2. The van der Waals surface area contributed by atoms with Crippen molar-refractivity contribution in [1.82, 2.24) is 15.3 Å². The molecule has 0 saturated heterocycles. The van der Waals surface area contributed by atoms with E-state index in [1.807, 2.05) is 19.1 Å². The van der Waals surface area contributed by atoms with E-state index in [4.69, 9.17) is 0 Å². The Hall–Kier alpha value is -2.43. The van der Waals surface area contributed by atoms with Gasteiger partial charge in [0.05, 0.1) is 17.8 Å². The molecule has 0 aliphatic rings. The van der Waals surface area contributed by atoms with Crippen LogP contribution in [0.25, 0.3) is 0 Å². The van der Waals surface area contributed by atoms with Gasteiger partial charge >= 0.3 is 0 Å². The smallest absolute Gasteiger partial charge is 0.255 e. The van der Waals surface area contributed by atoms with Gasteiger partial charge < -0.3 is 10.4 Å². The fraction of sp³-hybridized carbons (Fsp3) is 0.154. The Bertz CT molecular complexity index is 543. The van der Waals surface area contributed by atoms with Crippen LogP contribution in [0.2, 0.25) is 0 Å². The first-order valence-electron chi connectivity index (χ1n) is 5.52. The van der Waals surface area contributed by atoms with E-state index >= 15 is 0 Å². The topological polar surface area (TPSA) is 75.1 Å². The molecule has 0 aliphatic heterocycles. The SMILES string of the molecule is CC(NC(=O)c1ccncc1O)c1cccnc1.